The first-order valence-electron chi connectivity index (χ1n) is 8.31. The number of hydrogen-bond donors (Lipinski definition) is 1. The number of carbonyl (C=O) groups is 1. The Morgan fingerprint density at radius 1 is 1.28 bits per heavy atom. The minimum absolute atomic E-state index is 0.0545. The van der Waals surface area contributed by atoms with Crippen molar-refractivity contribution in [2.75, 3.05) is 51.3 Å². The predicted octanol–water partition coefficient (Wildman–Crippen LogP) is 0.0709. The minimum Gasteiger partial charge on any atom is -0.378 e. The van der Waals surface area contributed by atoms with Crippen molar-refractivity contribution in [3.8, 4) is 11.4 Å². The summed E-state index contributed by atoms with van der Waals surface area (Å²) in [6, 6.07) is 3.75. The molecule has 2 saturated heterocycles. The molecule has 1 amide bonds. The first-order chi connectivity index (χ1) is 12.2. The lowest BCUT2D eigenvalue weighted by Crippen LogP contribution is -2.47. The summed E-state index contributed by atoms with van der Waals surface area (Å²) in [5.74, 6) is 1.95. The van der Waals surface area contributed by atoms with E-state index in [1.165, 1.54) is 0 Å². The van der Waals surface area contributed by atoms with Crippen LogP contribution in [0.2, 0.25) is 0 Å². The maximum absolute atomic E-state index is 11.5. The van der Waals surface area contributed by atoms with Crippen LogP contribution in [0, 0.1) is 0 Å². The Labute approximate surface area is 145 Å². The van der Waals surface area contributed by atoms with E-state index in [9.17, 15) is 4.79 Å². The van der Waals surface area contributed by atoms with E-state index in [2.05, 4.69) is 25.3 Å². The van der Waals surface area contributed by atoms with Crippen LogP contribution >= 0.6 is 0 Å². The zero-order chi connectivity index (χ0) is 17.2. The first-order valence-corrected chi connectivity index (χ1v) is 8.31. The van der Waals surface area contributed by atoms with Gasteiger partial charge in [-0.25, -0.2) is 4.98 Å². The molecule has 2 aromatic heterocycles. The lowest BCUT2D eigenvalue weighted by atomic mass is 10.2. The van der Waals surface area contributed by atoms with Crippen LogP contribution < -0.4 is 10.2 Å². The van der Waals surface area contributed by atoms with Crippen molar-refractivity contribution in [1.29, 1.82) is 0 Å². The summed E-state index contributed by atoms with van der Waals surface area (Å²) in [6.45, 7) is 3.92. The second-order valence-electron chi connectivity index (χ2n) is 6.17. The fraction of sp³-hybridized carbons (Fsp3) is 0.500. The molecule has 9 nitrogen and oxygen atoms in total. The van der Waals surface area contributed by atoms with Gasteiger partial charge in [0.25, 0.3) is 0 Å². The molecule has 1 N–H and O–H groups in total. The number of morpholine rings is 1. The summed E-state index contributed by atoms with van der Waals surface area (Å²) in [5.41, 5.74) is 0.798. The molecule has 2 aliphatic heterocycles. The van der Waals surface area contributed by atoms with E-state index >= 15 is 0 Å². The van der Waals surface area contributed by atoms with E-state index < -0.39 is 0 Å². The highest BCUT2D eigenvalue weighted by Gasteiger charge is 2.27. The van der Waals surface area contributed by atoms with Crippen molar-refractivity contribution >= 4 is 11.7 Å². The zero-order valence-electron chi connectivity index (χ0n) is 14.0. The van der Waals surface area contributed by atoms with Gasteiger partial charge in [-0.1, -0.05) is 5.16 Å². The third kappa shape index (κ3) is 3.33. The van der Waals surface area contributed by atoms with Crippen LogP contribution in [0.15, 0.2) is 22.9 Å². The van der Waals surface area contributed by atoms with Crippen molar-refractivity contribution in [3.63, 3.8) is 0 Å². The molecule has 2 fully saturated rings. The van der Waals surface area contributed by atoms with E-state index in [0.717, 1.165) is 37.7 Å². The SMILES string of the molecule is CN1CC(c2nc(-c3ccc(N4CCOCC4)nc3)no2)NCC1=O. The number of carbonyl (C=O) groups excluding carboxylic acids is 1. The lowest BCUT2D eigenvalue weighted by Gasteiger charge is -2.28. The molecule has 0 aliphatic carbocycles. The number of hydrogen-bond acceptors (Lipinski definition) is 8. The van der Waals surface area contributed by atoms with Crippen LogP contribution in [0.3, 0.4) is 0 Å². The van der Waals surface area contributed by atoms with Gasteiger partial charge in [-0.05, 0) is 12.1 Å². The number of nitrogens with one attached hydrogen (secondary N) is 1. The summed E-state index contributed by atoms with van der Waals surface area (Å²) in [6.07, 6.45) is 1.75. The van der Waals surface area contributed by atoms with Crippen LogP contribution in [0.25, 0.3) is 11.4 Å². The Kier molecular flexibility index (Phi) is 4.33. The maximum atomic E-state index is 11.5. The molecule has 0 saturated carbocycles. The fourth-order valence-corrected chi connectivity index (χ4v) is 2.94. The van der Waals surface area contributed by atoms with E-state index in [0.29, 0.717) is 18.3 Å². The van der Waals surface area contributed by atoms with E-state index in [1.807, 2.05) is 12.1 Å². The molecular weight excluding hydrogens is 324 g/mol. The quantitative estimate of drug-likeness (QED) is 0.836. The van der Waals surface area contributed by atoms with Gasteiger partial charge in [-0.3, -0.25) is 10.1 Å². The summed E-state index contributed by atoms with van der Waals surface area (Å²) >= 11 is 0. The van der Waals surface area contributed by atoms with Gasteiger partial charge in [-0.2, -0.15) is 4.98 Å². The minimum atomic E-state index is -0.149. The molecule has 2 aromatic rings. The second kappa shape index (κ2) is 6.77. The number of pyridine rings is 1. The van der Waals surface area contributed by atoms with Gasteiger partial charge in [0.05, 0.1) is 19.8 Å². The van der Waals surface area contributed by atoms with Crippen molar-refractivity contribution in [1.82, 2.24) is 25.3 Å². The highest BCUT2D eigenvalue weighted by molar-refractivity contribution is 5.78. The Balaban J connectivity index is 1.47. The molecule has 9 heteroatoms. The fourth-order valence-electron chi connectivity index (χ4n) is 2.94. The molecule has 2 aliphatic rings. The molecule has 0 radical (unpaired) electrons. The highest BCUT2D eigenvalue weighted by Crippen LogP contribution is 2.22. The molecule has 4 rings (SSSR count). The lowest BCUT2D eigenvalue weighted by molar-refractivity contribution is -0.131. The first kappa shape index (κ1) is 16.0. The van der Waals surface area contributed by atoms with Crippen LogP contribution in [0.5, 0.6) is 0 Å². The molecule has 132 valence electrons. The Bertz CT molecular complexity index is 741. The van der Waals surface area contributed by atoms with Crippen molar-refractivity contribution in [2.45, 2.75) is 6.04 Å². The largest absolute Gasteiger partial charge is 0.378 e. The maximum Gasteiger partial charge on any atom is 0.245 e. The zero-order valence-corrected chi connectivity index (χ0v) is 14.0. The number of piperazine rings is 1. The predicted molar refractivity (Wildman–Crippen MR) is 88.9 cm³/mol. The summed E-state index contributed by atoms with van der Waals surface area (Å²) in [7, 11) is 1.77. The summed E-state index contributed by atoms with van der Waals surface area (Å²) in [5, 5.41) is 7.16. The Hall–Kier alpha value is -2.52. The summed E-state index contributed by atoms with van der Waals surface area (Å²) in [4.78, 5) is 24.3. The average Bonchev–Trinajstić information content (AvgIpc) is 3.15. The molecule has 25 heavy (non-hydrogen) atoms. The Morgan fingerprint density at radius 2 is 2.12 bits per heavy atom. The molecule has 0 spiro atoms. The van der Waals surface area contributed by atoms with E-state index in [-0.39, 0.29) is 18.5 Å². The topological polar surface area (TPSA) is 96.6 Å². The average molecular weight is 344 g/mol. The van der Waals surface area contributed by atoms with Gasteiger partial charge in [0, 0.05) is 38.4 Å². The standard InChI is InChI=1S/C16H20N6O3/c1-21-10-12(17-9-14(21)23)16-19-15(20-25-16)11-2-3-13(18-8-11)22-4-6-24-7-5-22/h2-3,8,12,17H,4-7,9-10H2,1H3. The van der Waals surface area contributed by atoms with Crippen LogP contribution in [0.4, 0.5) is 5.82 Å². The van der Waals surface area contributed by atoms with Gasteiger partial charge >= 0.3 is 0 Å². The van der Waals surface area contributed by atoms with Gasteiger partial charge in [0.2, 0.25) is 17.6 Å². The smallest absolute Gasteiger partial charge is 0.245 e. The van der Waals surface area contributed by atoms with Crippen molar-refractivity contribution in [2.24, 2.45) is 0 Å². The normalized spacial score (nSPS) is 21.6. The molecular formula is C16H20N6O3. The van der Waals surface area contributed by atoms with Crippen molar-refractivity contribution < 1.29 is 14.1 Å². The van der Waals surface area contributed by atoms with Gasteiger partial charge in [-0.15, -0.1) is 0 Å². The van der Waals surface area contributed by atoms with Crippen molar-refractivity contribution in [3.05, 3.63) is 24.2 Å². The number of ether oxygens (including phenoxy) is 1. The number of likely N-dealkylation sites (N-methyl/N-ethyl adjacent to an activating group) is 1. The molecule has 1 atom stereocenters. The van der Waals surface area contributed by atoms with Gasteiger partial charge in [0.1, 0.15) is 11.9 Å². The third-order valence-corrected chi connectivity index (χ3v) is 4.46. The monoisotopic (exact) mass is 344 g/mol. The summed E-state index contributed by atoms with van der Waals surface area (Å²) < 4.78 is 10.7. The van der Waals surface area contributed by atoms with E-state index in [1.54, 1.807) is 18.1 Å². The number of anilines is 1. The molecule has 1 unspecified atom stereocenters. The van der Waals surface area contributed by atoms with Crippen LogP contribution in [-0.2, 0) is 9.53 Å². The van der Waals surface area contributed by atoms with Crippen LogP contribution in [0.1, 0.15) is 11.9 Å². The third-order valence-electron chi connectivity index (χ3n) is 4.46. The molecule has 0 aromatic carbocycles. The van der Waals surface area contributed by atoms with Gasteiger partial charge in [0.15, 0.2) is 0 Å². The Morgan fingerprint density at radius 3 is 2.84 bits per heavy atom. The number of aromatic nitrogens is 3. The molecule has 4 heterocycles. The number of amides is 1. The van der Waals surface area contributed by atoms with Gasteiger partial charge < -0.3 is 19.1 Å². The van der Waals surface area contributed by atoms with Crippen LogP contribution in [-0.4, -0.2) is 72.4 Å². The number of nitrogens with zero attached hydrogens (tertiary/aromatic N) is 5. The molecule has 0 bridgehead atoms. The second-order valence-corrected chi connectivity index (χ2v) is 6.17. The number of rotatable bonds is 3. The van der Waals surface area contributed by atoms with E-state index in [4.69, 9.17) is 9.26 Å². The highest BCUT2D eigenvalue weighted by atomic mass is 16.5.